The first-order valence-corrected chi connectivity index (χ1v) is 17.8. The third-order valence-electron chi connectivity index (χ3n) is 8.70. The number of hydrogen-bond donors (Lipinski definition) is 2. The second-order valence-corrected chi connectivity index (χ2v) is 13.4. The molecule has 7 heteroatoms. The monoisotopic (exact) mass is 678 g/mol. The van der Waals surface area contributed by atoms with Crippen molar-refractivity contribution in [2.75, 3.05) is 0 Å². The van der Waals surface area contributed by atoms with Gasteiger partial charge >= 0.3 is 11.3 Å². The largest absolute Gasteiger partial charge is 0.507 e. The number of benzene rings is 2. The minimum absolute atomic E-state index is 0.00593. The summed E-state index contributed by atoms with van der Waals surface area (Å²) < 4.78 is 11.7. The van der Waals surface area contributed by atoms with Gasteiger partial charge in [0.15, 0.2) is 0 Å². The van der Waals surface area contributed by atoms with Gasteiger partial charge in [-0.25, -0.2) is 9.59 Å². The van der Waals surface area contributed by atoms with Gasteiger partial charge in [-0.2, -0.15) is 0 Å². The molecule has 50 heavy (non-hydrogen) atoms. The molecule has 0 bridgehead atoms. The fraction of sp³-hybridized carbons (Fsp3) is 0.372. The van der Waals surface area contributed by atoms with Crippen LogP contribution in [0.25, 0.3) is 34.1 Å². The predicted octanol–water partition coefficient (Wildman–Crippen LogP) is 10.7. The molecule has 0 aliphatic rings. The average molecular weight is 679 g/mol. The van der Waals surface area contributed by atoms with Crippen LogP contribution in [0.3, 0.4) is 0 Å². The van der Waals surface area contributed by atoms with Crippen LogP contribution in [0.1, 0.15) is 131 Å². The molecule has 7 nitrogen and oxygen atoms in total. The zero-order valence-electron chi connectivity index (χ0n) is 30.3. The van der Waals surface area contributed by atoms with E-state index < -0.39 is 17.0 Å². The number of carbonyl (C=O) groups excluding carboxylic acids is 1. The molecule has 0 radical (unpaired) electrons. The van der Waals surface area contributed by atoms with Crippen LogP contribution in [0.15, 0.2) is 78.1 Å². The molecule has 264 valence electrons. The lowest BCUT2D eigenvalue weighted by Crippen LogP contribution is -2.21. The highest BCUT2D eigenvalue weighted by molar-refractivity contribution is 6.12. The summed E-state index contributed by atoms with van der Waals surface area (Å²) in [7, 11) is 0. The smallest absolute Gasteiger partial charge is 0.347 e. The van der Waals surface area contributed by atoms with Gasteiger partial charge in [0.25, 0.3) is 0 Å². The predicted molar refractivity (Wildman–Crippen MR) is 204 cm³/mol. The molecule has 0 saturated heterocycles. The lowest BCUT2D eigenvalue weighted by Gasteiger charge is -2.12. The van der Waals surface area contributed by atoms with Crippen molar-refractivity contribution in [1.29, 1.82) is 0 Å². The van der Waals surface area contributed by atoms with Crippen LogP contribution in [0, 0.1) is 0 Å². The van der Waals surface area contributed by atoms with Crippen molar-refractivity contribution in [2.45, 2.75) is 106 Å². The second-order valence-electron chi connectivity index (χ2n) is 13.4. The van der Waals surface area contributed by atoms with Crippen LogP contribution in [-0.2, 0) is 12.8 Å². The highest BCUT2D eigenvalue weighted by Gasteiger charge is 2.24. The quantitative estimate of drug-likeness (QED) is 0.0524. The van der Waals surface area contributed by atoms with Gasteiger partial charge in [0.1, 0.15) is 33.8 Å². The molecule has 2 aromatic heterocycles. The Morgan fingerprint density at radius 2 is 1.04 bits per heavy atom. The maximum Gasteiger partial charge on any atom is 0.347 e. The topological polar surface area (TPSA) is 118 Å². The van der Waals surface area contributed by atoms with Gasteiger partial charge in [-0.3, -0.25) is 4.79 Å². The van der Waals surface area contributed by atoms with Gasteiger partial charge < -0.3 is 19.0 Å². The van der Waals surface area contributed by atoms with Crippen molar-refractivity contribution in [3.8, 4) is 11.5 Å². The van der Waals surface area contributed by atoms with Gasteiger partial charge in [-0.15, -0.1) is 0 Å². The fourth-order valence-electron chi connectivity index (χ4n) is 5.88. The molecule has 0 amide bonds. The highest BCUT2D eigenvalue weighted by Crippen LogP contribution is 2.35. The average Bonchev–Trinajstić information content (AvgIpc) is 3.07. The molecule has 0 atom stereocenters. The molecule has 0 saturated carbocycles. The van der Waals surface area contributed by atoms with E-state index in [0.29, 0.717) is 45.9 Å². The maximum atomic E-state index is 14.1. The van der Waals surface area contributed by atoms with Gasteiger partial charge in [0, 0.05) is 33.0 Å². The summed E-state index contributed by atoms with van der Waals surface area (Å²) in [5.41, 5.74) is 2.16. The second kappa shape index (κ2) is 17.7. The summed E-state index contributed by atoms with van der Waals surface area (Å²) in [6, 6.07) is 5.99. The molecule has 2 aromatic carbocycles. The number of unbranched alkanes of at least 4 members (excludes halogenated alkanes) is 6. The molecule has 0 aliphatic heterocycles. The van der Waals surface area contributed by atoms with Crippen molar-refractivity contribution in [3.63, 3.8) is 0 Å². The number of rotatable bonds is 16. The molecule has 0 unspecified atom stereocenters. The van der Waals surface area contributed by atoms with Crippen molar-refractivity contribution >= 4 is 39.9 Å². The lowest BCUT2D eigenvalue weighted by molar-refractivity contribution is 0.103. The van der Waals surface area contributed by atoms with E-state index in [1.807, 2.05) is 52.0 Å². The number of ketones is 1. The number of fused-ring (bicyclic) bond motifs is 2. The minimum atomic E-state index is -0.903. The van der Waals surface area contributed by atoms with Crippen LogP contribution < -0.4 is 11.3 Å². The van der Waals surface area contributed by atoms with E-state index in [1.54, 1.807) is 24.3 Å². The molecule has 2 heterocycles. The molecule has 0 aliphatic carbocycles. The van der Waals surface area contributed by atoms with Crippen molar-refractivity contribution in [1.82, 2.24) is 0 Å². The SMILES string of the molecule is CCCCC/C=C/c1c(O)cc(CC=C(C)C)c2oc(=O)c(C(=O)c3cc4c(/C=C/CCCCC)c(O)cc(CC=C(C)C)c4oc3=O)cc12. The van der Waals surface area contributed by atoms with E-state index in [9.17, 15) is 24.6 Å². The molecular formula is C43H50O7. The van der Waals surface area contributed by atoms with Crippen LogP contribution in [0.4, 0.5) is 0 Å². The summed E-state index contributed by atoms with van der Waals surface area (Å²) in [6.07, 6.45) is 20.1. The van der Waals surface area contributed by atoms with Crippen LogP contribution >= 0.6 is 0 Å². The summed E-state index contributed by atoms with van der Waals surface area (Å²) in [5, 5.41) is 23.1. The van der Waals surface area contributed by atoms with Gasteiger partial charge in [0.05, 0.1) is 0 Å². The molecule has 0 fully saturated rings. The van der Waals surface area contributed by atoms with Crippen LogP contribution in [0.5, 0.6) is 11.5 Å². The number of allylic oxidation sites excluding steroid dienone is 6. The Bertz CT molecular complexity index is 1940. The van der Waals surface area contributed by atoms with Crippen molar-refractivity contribution < 1.29 is 23.8 Å². The summed E-state index contributed by atoms with van der Waals surface area (Å²) in [4.78, 5) is 41.2. The Morgan fingerprint density at radius 1 is 0.640 bits per heavy atom. The molecule has 4 rings (SSSR count). The molecule has 0 spiro atoms. The Hall–Kier alpha value is -4.91. The Morgan fingerprint density at radius 3 is 1.40 bits per heavy atom. The minimum Gasteiger partial charge on any atom is -0.507 e. The van der Waals surface area contributed by atoms with E-state index in [4.69, 9.17) is 8.83 Å². The molecule has 2 N–H and O–H groups in total. The zero-order valence-corrected chi connectivity index (χ0v) is 30.3. The van der Waals surface area contributed by atoms with Gasteiger partial charge in [-0.1, -0.05) is 87.1 Å². The Labute approximate surface area is 294 Å². The van der Waals surface area contributed by atoms with Gasteiger partial charge in [-0.05, 0) is 90.5 Å². The fourth-order valence-corrected chi connectivity index (χ4v) is 5.88. The standard InChI is InChI=1S/C43H50O7/c1-7-9-11-13-15-17-31-33-25-35(42(47)49-40(33)29(23-37(31)44)21-19-27(3)4)39(46)36-26-34-32(18-16-14-12-10-8-2)38(45)24-30(22-20-28(5)6)41(34)50-43(36)48/h15-20,23-26,44-45H,7-14,21-22H2,1-6H3/b17-15+,18-16+. The Kier molecular flexibility index (Phi) is 13.4. The first-order valence-electron chi connectivity index (χ1n) is 17.8. The van der Waals surface area contributed by atoms with E-state index in [2.05, 4.69) is 13.8 Å². The number of hydrogen-bond acceptors (Lipinski definition) is 7. The zero-order chi connectivity index (χ0) is 36.4. The number of carbonyl (C=O) groups is 1. The van der Waals surface area contributed by atoms with E-state index >= 15 is 0 Å². The number of phenolic OH excluding ortho intramolecular Hbond substituents is 2. The van der Waals surface area contributed by atoms with Crippen molar-refractivity contribution in [3.05, 3.63) is 114 Å². The highest BCUT2D eigenvalue weighted by atomic mass is 16.4. The first kappa shape index (κ1) is 37.9. The molecular weight excluding hydrogens is 628 g/mol. The van der Waals surface area contributed by atoms with E-state index in [0.717, 1.165) is 62.5 Å². The lowest BCUT2D eigenvalue weighted by atomic mass is 9.96. The van der Waals surface area contributed by atoms with Crippen molar-refractivity contribution in [2.24, 2.45) is 0 Å². The number of aromatic hydroxyl groups is 2. The summed E-state index contributed by atoms with van der Waals surface area (Å²) in [5.74, 6) is -0.877. The molecule has 4 aromatic rings. The Balaban J connectivity index is 1.93. The van der Waals surface area contributed by atoms with Crippen LogP contribution in [-0.4, -0.2) is 16.0 Å². The number of phenols is 2. The maximum absolute atomic E-state index is 14.1. The summed E-state index contributed by atoms with van der Waals surface area (Å²) >= 11 is 0. The van der Waals surface area contributed by atoms with E-state index in [1.165, 1.54) is 12.1 Å². The van der Waals surface area contributed by atoms with Crippen LogP contribution in [0.2, 0.25) is 0 Å². The van der Waals surface area contributed by atoms with Gasteiger partial charge in [0.2, 0.25) is 5.78 Å². The van der Waals surface area contributed by atoms with E-state index in [-0.39, 0.29) is 33.8 Å². The normalized spacial score (nSPS) is 11.6. The summed E-state index contributed by atoms with van der Waals surface area (Å²) in [6.45, 7) is 12.1. The first-order chi connectivity index (χ1) is 24.0. The third kappa shape index (κ3) is 9.20. The third-order valence-corrected chi connectivity index (χ3v) is 8.70.